The predicted octanol–water partition coefficient (Wildman–Crippen LogP) is 1.59. The highest BCUT2D eigenvalue weighted by atomic mass is 19.3. The van der Waals surface area contributed by atoms with Crippen LogP contribution in [0.15, 0.2) is 6.07 Å². The summed E-state index contributed by atoms with van der Waals surface area (Å²) < 4.78 is 57.6. The predicted molar refractivity (Wildman–Crippen MR) is 81.5 cm³/mol. The summed E-state index contributed by atoms with van der Waals surface area (Å²) in [4.78, 5) is 13.6. The van der Waals surface area contributed by atoms with Crippen LogP contribution in [0.3, 0.4) is 0 Å². The number of halogens is 4. The molecule has 138 valence electrons. The van der Waals surface area contributed by atoms with Gasteiger partial charge in [-0.1, -0.05) is 0 Å². The number of carbonyl (C=O) groups excluding carboxylic acids is 1. The lowest BCUT2D eigenvalue weighted by Gasteiger charge is -2.12. The molecule has 0 fully saturated rings. The zero-order valence-electron chi connectivity index (χ0n) is 13.4. The topological polar surface area (TPSA) is 86.4 Å². The van der Waals surface area contributed by atoms with Gasteiger partial charge < -0.3 is 20.1 Å². The first kappa shape index (κ1) is 19.0. The number of carbonyl (C=O) groups is 1. The Morgan fingerprint density at radius 1 is 1.40 bits per heavy atom. The molecule has 25 heavy (non-hydrogen) atoms. The first-order valence-corrected chi connectivity index (χ1v) is 7.29. The number of fused-ring (bicyclic) bond motifs is 1. The minimum atomic E-state index is -3.17. The number of nitrogens with one attached hydrogen (secondary N) is 3. The van der Waals surface area contributed by atoms with Crippen molar-refractivity contribution in [2.75, 3.05) is 20.7 Å². The Morgan fingerprint density at radius 3 is 2.64 bits per heavy atom. The lowest BCUT2D eigenvalue weighted by molar-refractivity contribution is -0.131. The second-order valence-electron chi connectivity index (χ2n) is 5.18. The van der Waals surface area contributed by atoms with E-state index in [0.29, 0.717) is 0 Å². The van der Waals surface area contributed by atoms with E-state index in [1.807, 2.05) is 5.32 Å². The third kappa shape index (κ3) is 3.69. The van der Waals surface area contributed by atoms with E-state index in [1.165, 1.54) is 7.05 Å². The van der Waals surface area contributed by atoms with E-state index in [9.17, 15) is 27.5 Å². The molecule has 0 bridgehead atoms. The number of aliphatic hydroxyl groups is 1. The molecule has 0 aliphatic carbocycles. The average molecular weight is 363 g/mol. The summed E-state index contributed by atoms with van der Waals surface area (Å²) in [5.74, 6) is -3.98. The Kier molecular flexibility index (Phi) is 5.85. The van der Waals surface area contributed by atoms with Crippen LogP contribution in [0.1, 0.15) is 17.5 Å². The molecule has 1 amide bonds. The minimum Gasteiger partial charge on any atom is -0.491 e. The van der Waals surface area contributed by atoms with E-state index >= 15 is 0 Å². The van der Waals surface area contributed by atoms with Gasteiger partial charge in [0.1, 0.15) is 6.23 Å². The number of alkyl halides is 2. The van der Waals surface area contributed by atoms with Crippen molar-refractivity contribution in [3.63, 3.8) is 0 Å². The second-order valence-corrected chi connectivity index (χ2v) is 5.18. The number of amides is 1. The van der Waals surface area contributed by atoms with Crippen molar-refractivity contribution in [3.8, 4) is 5.75 Å². The van der Waals surface area contributed by atoms with Crippen LogP contribution >= 0.6 is 0 Å². The maximum atomic E-state index is 14.6. The highest BCUT2D eigenvalue weighted by Crippen LogP contribution is 2.34. The quantitative estimate of drug-likeness (QED) is 0.445. The molecule has 0 spiro atoms. The Morgan fingerprint density at radius 2 is 2.08 bits per heavy atom. The Hall–Kier alpha value is -2.33. The number of aromatic amines is 1. The third-order valence-corrected chi connectivity index (χ3v) is 3.70. The van der Waals surface area contributed by atoms with Gasteiger partial charge in [-0.25, -0.2) is 8.78 Å². The van der Waals surface area contributed by atoms with E-state index in [2.05, 4.69) is 10.3 Å². The van der Waals surface area contributed by atoms with Crippen molar-refractivity contribution in [1.82, 2.24) is 15.6 Å². The standard InChI is InChI=1S/C15H17F4N3O3/c1-20-14(23)11-6(3-4-21-15(24)13(18)19)9-8(22-11)5-7(16)12(25-2)10(9)17/h5,13-14,20,22-23H,3-4H2,1-2H3,(H,21,24). The Bertz CT molecular complexity index is 779. The van der Waals surface area contributed by atoms with Gasteiger partial charge >= 0.3 is 6.43 Å². The number of hydrogen-bond donors (Lipinski definition) is 4. The molecule has 1 heterocycles. The van der Waals surface area contributed by atoms with Gasteiger partial charge in [-0.05, 0) is 19.0 Å². The normalized spacial score (nSPS) is 12.6. The molecule has 1 aromatic carbocycles. The fraction of sp³-hybridized carbons (Fsp3) is 0.400. The maximum Gasteiger partial charge on any atom is 0.315 e. The van der Waals surface area contributed by atoms with Crippen LogP contribution in [0.4, 0.5) is 17.6 Å². The third-order valence-electron chi connectivity index (χ3n) is 3.70. The number of hydrogen-bond acceptors (Lipinski definition) is 4. The van der Waals surface area contributed by atoms with Crippen molar-refractivity contribution in [2.24, 2.45) is 0 Å². The van der Waals surface area contributed by atoms with Crippen molar-refractivity contribution < 1.29 is 32.2 Å². The molecule has 10 heteroatoms. The summed E-state index contributed by atoms with van der Waals surface area (Å²) in [7, 11) is 2.54. The van der Waals surface area contributed by atoms with Crippen LogP contribution in [0.25, 0.3) is 10.9 Å². The number of benzene rings is 1. The highest BCUT2D eigenvalue weighted by Gasteiger charge is 2.24. The SMILES string of the molecule is CNC(O)c1[nH]c2cc(F)c(OC)c(F)c2c1CCNC(=O)C(F)F. The molecule has 0 aliphatic rings. The number of ether oxygens (including phenoxy) is 1. The van der Waals surface area contributed by atoms with Crippen molar-refractivity contribution >= 4 is 16.8 Å². The van der Waals surface area contributed by atoms with E-state index in [1.54, 1.807) is 0 Å². The molecular formula is C15H17F4N3O3. The number of rotatable bonds is 7. The molecule has 6 nitrogen and oxygen atoms in total. The lowest BCUT2D eigenvalue weighted by atomic mass is 10.1. The van der Waals surface area contributed by atoms with Gasteiger partial charge in [-0.15, -0.1) is 0 Å². The first-order chi connectivity index (χ1) is 11.8. The van der Waals surface area contributed by atoms with Gasteiger partial charge in [0.25, 0.3) is 5.91 Å². The van der Waals surface area contributed by atoms with Crippen LogP contribution in [0.5, 0.6) is 5.75 Å². The zero-order chi connectivity index (χ0) is 18.7. The molecule has 0 saturated heterocycles. The molecule has 0 aliphatic heterocycles. The maximum absolute atomic E-state index is 14.6. The van der Waals surface area contributed by atoms with Gasteiger partial charge in [0, 0.05) is 18.0 Å². The minimum absolute atomic E-state index is 0.0474. The molecule has 2 aromatic rings. The van der Waals surface area contributed by atoms with Crippen LogP contribution in [-0.4, -0.2) is 43.1 Å². The monoisotopic (exact) mass is 363 g/mol. The molecule has 0 saturated carbocycles. The van der Waals surface area contributed by atoms with Crippen molar-refractivity contribution in [2.45, 2.75) is 19.1 Å². The van der Waals surface area contributed by atoms with Crippen molar-refractivity contribution in [1.29, 1.82) is 0 Å². The molecular weight excluding hydrogens is 346 g/mol. The Balaban J connectivity index is 2.48. The number of aliphatic hydroxyl groups excluding tert-OH is 1. The highest BCUT2D eigenvalue weighted by molar-refractivity contribution is 5.87. The summed E-state index contributed by atoms with van der Waals surface area (Å²) >= 11 is 0. The van der Waals surface area contributed by atoms with Crippen LogP contribution in [0, 0.1) is 11.6 Å². The van der Waals surface area contributed by atoms with Gasteiger partial charge in [0.15, 0.2) is 17.4 Å². The first-order valence-electron chi connectivity index (χ1n) is 7.29. The fourth-order valence-corrected chi connectivity index (χ4v) is 2.56. The number of H-pyrrole nitrogens is 1. The average Bonchev–Trinajstić information content (AvgIpc) is 2.92. The largest absolute Gasteiger partial charge is 0.491 e. The van der Waals surface area contributed by atoms with E-state index < -0.39 is 35.9 Å². The van der Waals surface area contributed by atoms with Crippen LogP contribution in [-0.2, 0) is 11.2 Å². The molecule has 1 aromatic heterocycles. The number of aromatic nitrogens is 1. The van der Waals surface area contributed by atoms with Gasteiger partial charge in [0.2, 0.25) is 0 Å². The molecule has 4 N–H and O–H groups in total. The zero-order valence-corrected chi connectivity index (χ0v) is 13.4. The summed E-state index contributed by atoms with van der Waals surface area (Å²) in [6.07, 6.45) is -4.48. The van der Waals surface area contributed by atoms with Crippen LogP contribution in [0.2, 0.25) is 0 Å². The van der Waals surface area contributed by atoms with Gasteiger partial charge in [-0.3, -0.25) is 10.1 Å². The summed E-state index contributed by atoms with van der Waals surface area (Å²) in [5, 5.41) is 14.5. The van der Waals surface area contributed by atoms with Crippen LogP contribution < -0.4 is 15.4 Å². The smallest absolute Gasteiger partial charge is 0.315 e. The Labute approximate surface area is 140 Å². The molecule has 1 atom stereocenters. The second kappa shape index (κ2) is 7.70. The molecule has 1 unspecified atom stereocenters. The van der Waals surface area contributed by atoms with Crippen molar-refractivity contribution in [3.05, 3.63) is 29.0 Å². The summed E-state index contributed by atoms with van der Waals surface area (Å²) in [5.41, 5.74) is 0.410. The summed E-state index contributed by atoms with van der Waals surface area (Å²) in [6.45, 7) is -0.224. The molecule has 2 rings (SSSR count). The lowest BCUT2D eigenvalue weighted by Crippen LogP contribution is -2.31. The van der Waals surface area contributed by atoms with Gasteiger partial charge in [-0.2, -0.15) is 8.78 Å². The van der Waals surface area contributed by atoms with E-state index in [-0.39, 0.29) is 35.1 Å². The van der Waals surface area contributed by atoms with E-state index in [4.69, 9.17) is 4.74 Å². The fourth-order valence-electron chi connectivity index (χ4n) is 2.56. The number of methoxy groups -OCH3 is 1. The van der Waals surface area contributed by atoms with E-state index in [0.717, 1.165) is 13.2 Å². The van der Waals surface area contributed by atoms with Gasteiger partial charge in [0.05, 0.1) is 18.3 Å². The summed E-state index contributed by atoms with van der Waals surface area (Å²) in [6, 6.07) is 1.00. The molecule has 0 radical (unpaired) electrons.